The summed E-state index contributed by atoms with van der Waals surface area (Å²) >= 11 is 0. The molecule has 0 aliphatic carbocycles. The van der Waals surface area contributed by atoms with Crippen LogP contribution >= 0.6 is 0 Å². The molecule has 1 unspecified atom stereocenters. The Bertz CT molecular complexity index is 270. The summed E-state index contributed by atoms with van der Waals surface area (Å²) in [5, 5.41) is 0. The van der Waals surface area contributed by atoms with Gasteiger partial charge in [0.25, 0.3) is 10.2 Å². The van der Waals surface area contributed by atoms with Crippen molar-refractivity contribution in [3.8, 4) is 0 Å². The highest BCUT2D eigenvalue weighted by Crippen LogP contribution is 2.21. The van der Waals surface area contributed by atoms with E-state index >= 15 is 0 Å². The summed E-state index contributed by atoms with van der Waals surface area (Å²) in [5.41, 5.74) is 5.33. The first-order valence-corrected chi connectivity index (χ1v) is 6.68. The second-order valence-corrected chi connectivity index (χ2v) is 6.15. The molecule has 0 aliphatic rings. The van der Waals surface area contributed by atoms with E-state index in [1.165, 1.54) is 0 Å². The van der Waals surface area contributed by atoms with Gasteiger partial charge in [0.2, 0.25) is 0 Å². The fourth-order valence-electron chi connectivity index (χ4n) is 1.25. The molecule has 0 aromatic heterocycles. The van der Waals surface area contributed by atoms with Crippen LogP contribution in [0.2, 0.25) is 0 Å². The van der Waals surface area contributed by atoms with Crippen LogP contribution in [0.3, 0.4) is 0 Å². The summed E-state index contributed by atoms with van der Waals surface area (Å²) in [5.74, 6) is 0. The zero-order valence-electron chi connectivity index (χ0n) is 10.0. The predicted molar refractivity (Wildman–Crippen MR) is 62.6 cm³/mol. The molecule has 0 fully saturated rings. The lowest BCUT2D eigenvalue weighted by Crippen LogP contribution is -2.49. The maximum atomic E-state index is 11.5. The van der Waals surface area contributed by atoms with Gasteiger partial charge in [0, 0.05) is 12.6 Å². The van der Waals surface area contributed by atoms with Crippen molar-refractivity contribution < 1.29 is 8.42 Å². The van der Waals surface area contributed by atoms with E-state index in [1.54, 1.807) is 6.92 Å². The molecule has 1 atom stereocenters. The van der Waals surface area contributed by atoms with E-state index in [0.717, 1.165) is 0 Å². The molecule has 0 aromatic carbocycles. The number of nitrogens with two attached hydrogens (primary N) is 1. The smallest absolute Gasteiger partial charge is 0.277 e. The molecule has 0 radical (unpaired) electrons. The molecule has 15 heavy (non-hydrogen) atoms. The van der Waals surface area contributed by atoms with Crippen LogP contribution in [-0.4, -0.2) is 27.5 Å². The van der Waals surface area contributed by atoms with Gasteiger partial charge in [0.15, 0.2) is 0 Å². The number of hydrogen-bond acceptors (Lipinski definition) is 3. The Hall–Kier alpha value is -0.170. The van der Waals surface area contributed by atoms with Gasteiger partial charge < -0.3 is 5.73 Å². The van der Waals surface area contributed by atoms with E-state index in [1.807, 2.05) is 20.8 Å². The monoisotopic (exact) mass is 237 g/mol. The van der Waals surface area contributed by atoms with Gasteiger partial charge in [-0.15, -0.1) is 0 Å². The van der Waals surface area contributed by atoms with Gasteiger partial charge in [-0.25, -0.2) is 4.72 Å². The Kier molecular flexibility index (Phi) is 5.72. The summed E-state index contributed by atoms with van der Waals surface area (Å²) in [7, 11) is -3.39. The van der Waals surface area contributed by atoms with Crippen LogP contribution in [0.5, 0.6) is 0 Å². The summed E-state index contributed by atoms with van der Waals surface area (Å²) in [6.45, 7) is 8.56. The van der Waals surface area contributed by atoms with Crippen LogP contribution < -0.4 is 15.2 Å². The Morgan fingerprint density at radius 3 is 2.20 bits per heavy atom. The average molecular weight is 237 g/mol. The molecule has 0 aromatic rings. The lowest BCUT2D eigenvalue weighted by molar-refractivity contribution is 0.286. The topological polar surface area (TPSA) is 84.2 Å². The SMILES string of the molecule is CCNS(=O)(=O)NC(CCN)C(C)(C)C. The lowest BCUT2D eigenvalue weighted by atomic mass is 9.85. The molecule has 92 valence electrons. The van der Waals surface area contributed by atoms with E-state index in [-0.39, 0.29) is 11.5 Å². The van der Waals surface area contributed by atoms with Crippen molar-refractivity contribution in [2.75, 3.05) is 13.1 Å². The highest BCUT2D eigenvalue weighted by molar-refractivity contribution is 7.87. The largest absolute Gasteiger partial charge is 0.330 e. The van der Waals surface area contributed by atoms with Crippen LogP contribution in [0.4, 0.5) is 0 Å². The maximum Gasteiger partial charge on any atom is 0.277 e. The fourth-order valence-corrected chi connectivity index (χ4v) is 2.56. The first kappa shape index (κ1) is 14.8. The summed E-state index contributed by atoms with van der Waals surface area (Å²) in [6.07, 6.45) is 0.633. The van der Waals surface area contributed by atoms with Crippen molar-refractivity contribution in [3.63, 3.8) is 0 Å². The molecule has 5 nitrogen and oxygen atoms in total. The van der Waals surface area contributed by atoms with Gasteiger partial charge in [-0.05, 0) is 18.4 Å². The zero-order valence-corrected chi connectivity index (χ0v) is 10.8. The quantitative estimate of drug-likeness (QED) is 0.617. The van der Waals surface area contributed by atoms with Gasteiger partial charge >= 0.3 is 0 Å². The van der Waals surface area contributed by atoms with E-state index < -0.39 is 10.2 Å². The molecule has 6 heteroatoms. The molecule has 0 saturated heterocycles. The molecule has 0 heterocycles. The van der Waals surface area contributed by atoms with E-state index in [0.29, 0.717) is 19.5 Å². The fraction of sp³-hybridized carbons (Fsp3) is 1.00. The molecule has 0 amide bonds. The third-order valence-electron chi connectivity index (χ3n) is 2.13. The summed E-state index contributed by atoms with van der Waals surface area (Å²) < 4.78 is 28.0. The Labute approximate surface area is 93.0 Å². The van der Waals surface area contributed by atoms with Gasteiger partial charge in [0.05, 0.1) is 0 Å². The minimum Gasteiger partial charge on any atom is -0.330 e. The molecule has 0 spiro atoms. The highest BCUT2D eigenvalue weighted by atomic mass is 32.2. The summed E-state index contributed by atoms with van der Waals surface area (Å²) in [6, 6.07) is -0.147. The predicted octanol–water partition coefficient (Wildman–Crippen LogP) is 0.194. The van der Waals surface area contributed by atoms with Crippen molar-refractivity contribution in [3.05, 3.63) is 0 Å². The molecule has 0 aliphatic heterocycles. The normalized spacial score (nSPS) is 15.3. The van der Waals surface area contributed by atoms with Crippen LogP contribution in [0.1, 0.15) is 34.1 Å². The van der Waals surface area contributed by atoms with Crippen LogP contribution in [0, 0.1) is 5.41 Å². The third-order valence-corrected chi connectivity index (χ3v) is 3.40. The minimum absolute atomic E-state index is 0.137. The first-order chi connectivity index (χ1) is 6.73. The van der Waals surface area contributed by atoms with Gasteiger partial charge in [0.1, 0.15) is 0 Å². The second-order valence-electron chi connectivity index (χ2n) is 4.62. The van der Waals surface area contributed by atoms with Crippen LogP contribution in [0.25, 0.3) is 0 Å². The average Bonchev–Trinajstić information content (AvgIpc) is 2.01. The van der Waals surface area contributed by atoms with E-state index in [2.05, 4.69) is 9.44 Å². The van der Waals surface area contributed by atoms with Crippen LogP contribution in [-0.2, 0) is 10.2 Å². The van der Waals surface area contributed by atoms with E-state index in [4.69, 9.17) is 5.73 Å². The Balaban J connectivity index is 4.55. The third kappa shape index (κ3) is 6.09. The molecule has 4 N–H and O–H groups in total. The van der Waals surface area contributed by atoms with Crippen molar-refractivity contribution >= 4 is 10.2 Å². The summed E-state index contributed by atoms with van der Waals surface area (Å²) in [4.78, 5) is 0. The van der Waals surface area contributed by atoms with Gasteiger partial charge in [-0.3, -0.25) is 0 Å². The van der Waals surface area contributed by atoms with Gasteiger partial charge in [-0.1, -0.05) is 27.7 Å². The minimum atomic E-state index is -3.39. The van der Waals surface area contributed by atoms with Crippen molar-refractivity contribution in [1.82, 2.24) is 9.44 Å². The first-order valence-electron chi connectivity index (χ1n) is 5.20. The highest BCUT2D eigenvalue weighted by Gasteiger charge is 2.27. The molecule has 0 bridgehead atoms. The lowest BCUT2D eigenvalue weighted by Gasteiger charge is -2.30. The van der Waals surface area contributed by atoms with Crippen molar-refractivity contribution in [1.29, 1.82) is 0 Å². The zero-order chi connectivity index (χ0) is 12.1. The van der Waals surface area contributed by atoms with Crippen LogP contribution in [0.15, 0.2) is 0 Å². The Morgan fingerprint density at radius 2 is 1.87 bits per heavy atom. The van der Waals surface area contributed by atoms with Gasteiger partial charge in [-0.2, -0.15) is 13.1 Å². The standard InChI is InChI=1S/C9H23N3O2S/c1-5-11-15(13,14)12-8(6-7-10)9(2,3)4/h8,11-12H,5-7,10H2,1-4H3. The van der Waals surface area contributed by atoms with E-state index in [9.17, 15) is 8.42 Å². The number of rotatable bonds is 6. The van der Waals surface area contributed by atoms with Crippen molar-refractivity contribution in [2.24, 2.45) is 11.1 Å². The maximum absolute atomic E-state index is 11.5. The molecule has 0 rings (SSSR count). The molecular weight excluding hydrogens is 214 g/mol. The van der Waals surface area contributed by atoms with Crippen molar-refractivity contribution in [2.45, 2.75) is 40.2 Å². The number of hydrogen-bond donors (Lipinski definition) is 3. The molecular formula is C9H23N3O2S. The Morgan fingerprint density at radius 1 is 1.33 bits per heavy atom. The second kappa shape index (κ2) is 5.79. The number of nitrogens with one attached hydrogen (secondary N) is 2. The molecule has 0 saturated carbocycles.